The third kappa shape index (κ3) is 3.42. The molecule has 1 fully saturated rings. The summed E-state index contributed by atoms with van der Waals surface area (Å²) in [4.78, 5) is 19.4. The number of thiazole rings is 1. The van der Waals surface area contributed by atoms with Crippen LogP contribution in [0.5, 0.6) is 0 Å². The average molecular weight is 296 g/mol. The van der Waals surface area contributed by atoms with Gasteiger partial charge < -0.3 is 16.0 Å². The lowest BCUT2D eigenvalue weighted by Gasteiger charge is -2.25. The molecule has 1 aliphatic heterocycles. The van der Waals surface area contributed by atoms with E-state index in [4.69, 9.17) is 5.73 Å². The van der Waals surface area contributed by atoms with Gasteiger partial charge in [-0.1, -0.05) is 18.3 Å². The first-order valence-electron chi connectivity index (χ1n) is 7.26. The smallest absolute Gasteiger partial charge is 0.265 e. The summed E-state index contributed by atoms with van der Waals surface area (Å²) in [6.45, 7) is 8.08. The van der Waals surface area contributed by atoms with Gasteiger partial charge in [-0.25, -0.2) is 4.98 Å². The van der Waals surface area contributed by atoms with Crippen LogP contribution >= 0.6 is 11.3 Å². The third-order valence-electron chi connectivity index (χ3n) is 3.81. The summed E-state index contributed by atoms with van der Waals surface area (Å²) in [5, 5.41) is 3.89. The van der Waals surface area contributed by atoms with E-state index in [2.05, 4.69) is 22.1 Å². The van der Waals surface area contributed by atoms with E-state index in [1.807, 2.05) is 13.8 Å². The minimum atomic E-state index is -0.223. The zero-order valence-electron chi connectivity index (χ0n) is 12.5. The van der Waals surface area contributed by atoms with Crippen LogP contribution in [0.2, 0.25) is 0 Å². The Morgan fingerprint density at radius 3 is 2.65 bits per heavy atom. The fraction of sp³-hybridized carbons (Fsp3) is 0.714. The zero-order valence-corrected chi connectivity index (χ0v) is 13.3. The molecule has 2 heterocycles. The van der Waals surface area contributed by atoms with Crippen molar-refractivity contribution in [1.82, 2.24) is 10.3 Å². The fourth-order valence-electron chi connectivity index (χ4n) is 2.16. The Balaban J connectivity index is 2.12. The Bertz CT molecular complexity index is 478. The highest BCUT2D eigenvalue weighted by atomic mass is 32.1. The van der Waals surface area contributed by atoms with Gasteiger partial charge in [-0.3, -0.25) is 4.79 Å². The molecule has 1 aliphatic rings. The van der Waals surface area contributed by atoms with Crippen molar-refractivity contribution in [3.8, 4) is 0 Å². The maximum Gasteiger partial charge on any atom is 0.265 e. The van der Waals surface area contributed by atoms with E-state index in [1.54, 1.807) is 0 Å². The number of carbonyl (C=O) groups is 1. The zero-order chi connectivity index (χ0) is 14.8. The number of nitrogens with two attached hydrogens (primary N) is 1. The van der Waals surface area contributed by atoms with Crippen LogP contribution in [0.3, 0.4) is 0 Å². The maximum atomic E-state index is 12.3. The van der Waals surface area contributed by atoms with Gasteiger partial charge in [-0.2, -0.15) is 0 Å². The first-order valence-corrected chi connectivity index (χ1v) is 8.08. The number of rotatable bonds is 4. The lowest BCUT2D eigenvalue weighted by atomic mass is 10.0. The summed E-state index contributed by atoms with van der Waals surface area (Å²) in [6, 6.07) is 0. The molecule has 20 heavy (non-hydrogen) atoms. The van der Waals surface area contributed by atoms with Crippen molar-refractivity contribution in [2.75, 3.05) is 23.7 Å². The second kappa shape index (κ2) is 5.99. The number of nitrogen functional groups attached to an aromatic ring is 1. The van der Waals surface area contributed by atoms with Crippen LogP contribution < -0.4 is 16.0 Å². The predicted octanol–water partition coefficient (Wildman–Crippen LogP) is 2.63. The number of aromatic nitrogens is 1. The van der Waals surface area contributed by atoms with Crippen LogP contribution in [-0.4, -0.2) is 29.5 Å². The van der Waals surface area contributed by atoms with Gasteiger partial charge in [-0.15, -0.1) is 0 Å². The molecule has 5 nitrogen and oxygen atoms in total. The fourth-order valence-corrected chi connectivity index (χ4v) is 3.09. The molecule has 0 aliphatic carbocycles. The molecule has 0 atom stereocenters. The Morgan fingerprint density at radius 2 is 2.05 bits per heavy atom. The van der Waals surface area contributed by atoms with Crippen molar-refractivity contribution in [1.29, 1.82) is 0 Å². The number of nitrogens with zero attached hydrogens (tertiary/aromatic N) is 2. The van der Waals surface area contributed by atoms with Crippen LogP contribution in [0.1, 0.15) is 56.1 Å². The van der Waals surface area contributed by atoms with Gasteiger partial charge in [0.25, 0.3) is 5.91 Å². The first kappa shape index (κ1) is 15.1. The Hall–Kier alpha value is -1.30. The molecule has 0 bridgehead atoms. The Morgan fingerprint density at radius 1 is 1.40 bits per heavy atom. The third-order valence-corrected chi connectivity index (χ3v) is 4.94. The van der Waals surface area contributed by atoms with Crippen LogP contribution in [-0.2, 0) is 0 Å². The van der Waals surface area contributed by atoms with E-state index in [-0.39, 0.29) is 11.4 Å². The van der Waals surface area contributed by atoms with Gasteiger partial charge in [0.05, 0.1) is 0 Å². The summed E-state index contributed by atoms with van der Waals surface area (Å²) < 4.78 is 0. The molecule has 6 heteroatoms. The summed E-state index contributed by atoms with van der Waals surface area (Å²) in [5.41, 5.74) is 5.70. The number of anilines is 2. The molecule has 0 unspecified atom stereocenters. The molecule has 1 amide bonds. The monoisotopic (exact) mass is 296 g/mol. The minimum absolute atomic E-state index is 0.116. The number of nitrogens with one attached hydrogen (secondary N) is 1. The van der Waals surface area contributed by atoms with Crippen molar-refractivity contribution in [3.05, 3.63) is 4.88 Å². The van der Waals surface area contributed by atoms with E-state index in [1.165, 1.54) is 30.6 Å². The van der Waals surface area contributed by atoms with Gasteiger partial charge in [-0.05, 0) is 39.5 Å². The maximum absolute atomic E-state index is 12.3. The highest BCUT2D eigenvalue weighted by Gasteiger charge is 2.24. The van der Waals surface area contributed by atoms with Gasteiger partial charge in [0.1, 0.15) is 10.7 Å². The first-order chi connectivity index (χ1) is 9.43. The molecule has 0 saturated carbocycles. The molecule has 1 aromatic heterocycles. The SMILES string of the molecule is CCC(C)(C)NC(=O)c1sc(N2CCCCC2)nc1N. The molecular formula is C14H24N4OS. The van der Waals surface area contributed by atoms with Crippen molar-refractivity contribution in [3.63, 3.8) is 0 Å². The van der Waals surface area contributed by atoms with E-state index >= 15 is 0 Å². The molecular weight excluding hydrogens is 272 g/mol. The molecule has 2 rings (SSSR count). The van der Waals surface area contributed by atoms with Gasteiger partial charge in [0, 0.05) is 18.6 Å². The molecule has 3 N–H and O–H groups in total. The topological polar surface area (TPSA) is 71.2 Å². The van der Waals surface area contributed by atoms with Gasteiger partial charge >= 0.3 is 0 Å². The van der Waals surface area contributed by atoms with E-state index < -0.39 is 0 Å². The highest BCUT2D eigenvalue weighted by Crippen LogP contribution is 2.30. The van der Waals surface area contributed by atoms with Gasteiger partial charge in [0.15, 0.2) is 5.13 Å². The number of piperidine rings is 1. The van der Waals surface area contributed by atoms with E-state index in [9.17, 15) is 4.79 Å². The predicted molar refractivity (Wildman–Crippen MR) is 84.4 cm³/mol. The summed E-state index contributed by atoms with van der Waals surface area (Å²) in [7, 11) is 0. The summed E-state index contributed by atoms with van der Waals surface area (Å²) >= 11 is 1.40. The van der Waals surface area contributed by atoms with E-state index in [0.29, 0.717) is 10.7 Å². The van der Waals surface area contributed by atoms with Crippen LogP contribution in [0, 0.1) is 0 Å². The van der Waals surface area contributed by atoms with Crippen LogP contribution in [0.25, 0.3) is 0 Å². The van der Waals surface area contributed by atoms with Crippen molar-refractivity contribution >= 4 is 28.2 Å². The lowest BCUT2D eigenvalue weighted by molar-refractivity contribution is 0.0916. The quantitative estimate of drug-likeness (QED) is 0.896. The Labute approximate surface area is 124 Å². The largest absolute Gasteiger partial charge is 0.382 e. The minimum Gasteiger partial charge on any atom is -0.382 e. The second-order valence-corrected chi connectivity index (χ2v) is 6.93. The summed E-state index contributed by atoms with van der Waals surface area (Å²) in [6.07, 6.45) is 4.51. The molecule has 0 radical (unpaired) electrons. The normalized spacial score (nSPS) is 16.2. The highest BCUT2D eigenvalue weighted by molar-refractivity contribution is 7.18. The van der Waals surface area contributed by atoms with Crippen LogP contribution in [0.15, 0.2) is 0 Å². The lowest BCUT2D eigenvalue weighted by Crippen LogP contribution is -2.42. The molecule has 0 aromatic carbocycles. The van der Waals surface area contributed by atoms with Crippen molar-refractivity contribution in [2.45, 2.75) is 52.0 Å². The number of amides is 1. The van der Waals surface area contributed by atoms with Crippen LogP contribution in [0.4, 0.5) is 10.9 Å². The van der Waals surface area contributed by atoms with Gasteiger partial charge in [0.2, 0.25) is 0 Å². The molecule has 112 valence electrons. The number of hydrogen-bond donors (Lipinski definition) is 2. The second-order valence-electron chi connectivity index (χ2n) is 5.95. The molecule has 0 spiro atoms. The van der Waals surface area contributed by atoms with Crippen molar-refractivity contribution in [2.24, 2.45) is 0 Å². The number of hydrogen-bond acceptors (Lipinski definition) is 5. The summed E-state index contributed by atoms with van der Waals surface area (Å²) in [5.74, 6) is 0.232. The molecule has 1 saturated heterocycles. The standard InChI is InChI=1S/C14H24N4OS/c1-4-14(2,3)17-12(19)10-11(15)16-13(20-10)18-8-6-5-7-9-18/h4-9,15H2,1-3H3,(H,17,19). The van der Waals surface area contributed by atoms with Crippen molar-refractivity contribution < 1.29 is 4.79 Å². The Kier molecular flexibility index (Phi) is 4.52. The van der Waals surface area contributed by atoms with E-state index in [0.717, 1.165) is 24.6 Å². The average Bonchev–Trinajstić information content (AvgIpc) is 2.81. The molecule has 1 aromatic rings. The number of carbonyl (C=O) groups excluding carboxylic acids is 1.